The van der Waals surface area contributed by atoms with Crippen molar-refractivity contribution in [2.45, 2.75) is 135 Å². The lowest BCUT2D eigenvalue weighted by molar-refractivity contribution is -0.175. The number of ether oxygens (including phenoxy) is 5. The maximum Gasteiger partial charge on any atom is 0.164 e. The zero-order valence-corrected chi connectivity index (χ0v) is 22.2. The number of rotatable bonds is 15. The lowest BCUT2D eigenvalue weighted by Gasteiger charge is -2.29. The van der Waals surface area contributed by atoms with Crippen molar-refractivity contribution >= 4 is 0 Å². The van der Waals surface area contributed by atoms with Gasteiger partial charge in [-0.25, -0.2) is 0 Å². The summed E-state index contributed by atoms with van der Waals surface area (Å²) in [7, 11) is 0. The molecule has 1 aromatic rings. The molecule has 2 aliphatic rings. The van der Waals surface area contributed by atoms with E-state index in [2.05, 4.69) is 31.2 Å². The predicted octanol–water partition coefficient (Wildman–Crippen LogP) is 7.34. The summed E-state index contributed by atoms with van der Waals surface area (Å²) in [5.41, 5.74) is 1.11. The molecule has 194 valence electrons. The molecule has 2 aliphatic heterocycles. The van der Waals surface area contributed by atoms with Gasteiger partial charge < -0.3 is 23.7 Å². The highest BCUT2D eigenvalue weighted by molar-refractivity contribution is 5.20. The van der Waals surface area contributed by atoms with E-state index in [1.807, 2.05) is 33.8 Å². The molecule has 34 heavy (non-hydrogen) atoms. The molecule has 0 saturated carbocycles. The van der Waals surface area contributed by atoms with Crippen molar-refractivity contribution in [1.29, 1.82) is 0 Å². The first-order chi connectivity index (χ1) is 16.3. The first kappa shape index (κ1) is 27.6. The van der Waals surface area contributed by atoms with Crippen LogP contribution >= 0.6 is 0 Å². The molecule has 0 aromatic heterocycles. The summed E-state index contributed by atoms with van der Waals surface area (Å²) in [5, 5.41) is 0. The van der Waals surface area contributed by atoms with Crippen LogP contribution in [0.5, 0.6) is 0 Å². The molecule has 0 radical (unpaired) electrons. The van der Waals surface area contributed by atoms with E-state index < -0.39 is 11.6 Å². The van der Waals surface area contributed by atoms with Gasteiger partial charge in [0, 0.05) is 6.61 Å². The van der Waals surface area contributed by atoms with Gasteiger partial charge >= 0.3 is 0 Å². The third-order valence-electron chi connectivity index (χ3n) is 6.78. The lowest BCUT2D eigenvalue weighted by Crippen LogP contribution is -2.41. The Morgan fingerprint density at radius 3 is 2.00 bits per heavy atom. The zero-order chi connectivity index (χ0) is 24.4. The van der Waals surface area contributed by atoms with Gasteiger partial charge in [0.1, 0.15) is 24.4 Å². The SMILES string of the molecule is CCCCCCCCCCCCO[C@H](c1ccccc1)[C@H]1OC(C)(C)O[C@@H]1[C@H]1COC(C)(C)O1. The summed E-state index contributed by atoms with van der Waals surface area (Å²) in [6.45, 7) is 11.3. The van der Waals surface area contributed by atoms with Crippen LogP contribution in [0.4, 0.5) is 0 Å². The van der Waals surface area contributed by atoms with Crippen LogP contribution in [0.25, 0.3) is 0 Å². The zero-order valence-electron chi connectivity index (χ0n) is 22.2. The Balaban J connectivity index is 1.52. The van der Waals surface area contributed by atoms with E-state index in [0.29, 0.717) is 6.61 Å². The molecular formula is C29H48O5. The number of hydrogen-bond donors (Lipinski definition) is 0. The molecule has 0 aliphatic carbocycles. The van der Waals surface area contributed by atoms with E-state index in [9.17, 15) is 0 Å². The van der Waals surface area contributed by atoms with Gasteiger partial charge in [-0.1, -0.05) is 95.0 Å². The Morgan fingerprint density at radius 2 is 1.41 bits per heavy atom. The van der Waals surface area contributed by atoms with Crippen LogP contribution in [0.2, 0.25) is 0 Å². The van der Waals surface area contributed by atoms with Crippen LogP contribution < -0.4 is 0 Å². The summed E-state index contributed by atoms with van der Waals surface area (Å²) >= 11 is 0. The minimum Gasteiger partial charge on any atom is -0.371 e. The second-order valence-corrected chi connectivity index (χ2v) is 10.8. The molecule has 2 heterocycles. The van der Waals surface area contributed by atoms with E-state index >= 15 is 0 Å². The Hall–Kier alpha value is -0.980. The van der Waals surface area contributed by atoms with Gasteiger partial charge in [-0.15, -0.1) is 0 Å². The van der Waals surface area contributed by atoms with Gasteiger partial charge in [0.25, 0.3) is 0 Å². The minimum absolute atomic E-state index is 0.186. The number of benzene rings is 1. The topological polar surface area (TPSA) is 46.2 Å². The molecule has 5 heteroatoms. The molecule has 4 atom stereocenters. The Kier molecular flexibility index (Phi) is 10.8. The van der Waals surface area contributed by atoms with Gasteiger partial charge in [-0.2, -0.15) is 0 Å². The standard InChI is InChI=1S/C29H48O5/c1-6-7-8-9-10-11-12-13-14-18-21-30-25(23-19-16-15-17-20-23)27-26(33-29(4,5)34-27)24-22-31-28(2,3)32-24/h15-17,19-20,24-27H,6-14,18,21-22H2,1-5H3/t24-,25-,26-,27-/m1/s1. The molecule has 0 amide bonds. The van der Waals surface area contributed by atoms with Crippen molar-refractivity contribution in [3.05, 3.63) is 35.9 Å². The molecule has 2 saturated heterocycles. The fraction of sp³-hybridized carbons (Fsp3) is 0.793. The molecular weight excluding hydrogens is 428 g/mol. The van der Waals surface area contributed by atoms with E-state index in [1.165, 1.54) is 57.8 Å². The maximum absolute atomic E-state index is 6.52. The predicted molar refractivity (Wildman–Crippen MR) is 136 cm³/mol. The van der Waals surface area contributed by atoms with E-state index in [0.717, 1.165) is 18.6 Å². The van der Waals surface area contributed by atoms with Gasteiger partial charge in [0.15, 0.2) is 11.6 Å². The third kappa shape index (κ3) is 8.60. The summed E-state index contributed by atoms with van der Waals surface area (Å²) < 4.78 is 31.3. The first-order valence-electron chi connectivity index (χ1n) is 13.7. The van der Waals surface area contributed by atoms with Gasteiger partial charge in [-0.05, 0) is 39.7 Å². The molecule has 5 nitrogen and oxygen atoms in total. The van der Waals surface area contributed by atoms with Crippen LogP contribution in [0.15, 0.2) is 30.3 Å². The second kappa shape index (κ2) is 13.4. The van der Waals surface area contributed by atoms with Crippen LogP contribution in [0.3, 0.4) is 0 Å². The normalized spacial score (nSPS) is 26.7. The molecule has 0 spiro atoms. The van der Waals surface area contributed by atoms with E-state index in [1.54, 1.807) is 0 Å². The van der Waals surface area contributed by atoms with Crippen LogP contribution in [0, 0.1) is 0 Å². The monoisotopic (exact) mass is 476 g/mol. The summed E-state index contributed by atoms with van der Waals surface area (Å²) in [5.74, 6) is -1.30. The third-order valence-corrected chi connectivity index (χ3v) is 6.78. The summed E-state index contributed by atoms with van der Waals surface area (Å²) in [6.07, 6.45) is 12.2. The van der Waals surface area contributed by atoms with Gasteiger partial charge in [0.2, 0.25) is 0 Å². The first-order valence-corrected chi connectivity index (χ1v) is 13.7. The van der Waals surface area contributed by atoms with Crippen LogP contribution in [0.1, 0.15) is 110 Å². The fourth-order valence-corrected chi connectivity index (χ4v) is 5.04. The molecule has 1 aromatic carbocycles. The highest BCUT2D eigenvalue weighted by Gasteiger charge is 2.52. The highest BCUT2D eigenvalue weighted by Crippen LogP contribution is 2.41. The van der Waals surface area contributed by atoms with Gasteiger partial charge in [0.05, 0.1) is 6.61 Å². The Labute approximate surface area is 207 Å². The molecule has 0 unspecified atom stereocenters. The minimum atomic E-state index is -0.695. The van der Waals surface area contributed by atoms with Crippen LogP contribution in [-0.2, 0) is 23.7 Å². The van der Waals surface area contributed by atoms with Crippen molar-refractivity contribution in [1.82, 2.24) is 0 Å². The second-order valence-electron chi connectivity index (χ2n) is 10.8. The molecule has 3 rings (SSSR count). The molecule has 2 fully saturated rings. The maximum atomic E-state index is 6.52. The Morgan fingerprint density at radius 1 is 0.794 bits per heavy atom. The van der Waals surface area contributed by atoms with Crippen molar-refractivity contribution in [2.75, 3.05) is 13.2 Å². The lowest BCUT2D eigenvalue weighted by atomic mass is 9.97. The smallest absolute Gasteiger partial charge is 0.164 e. The molecule has 0 N–H and O–H groups in total. The van der Waals surface area contributed by atoms with E-state index in [4.69, 9.17) is 23.7 Å². The van der Waals surface area contributed by atoms with Crippen LogP contribution in [-0.4, -0.2) is 43.1 Å². The largest absolute Gasteiger partial charge is 0.371 e. The number of unbranched alkanes of at least 4 members (excludes halogenated alkanes) is 9. The van der Waals surface area contributed by atoms with Crippen molar-refractivity contribution in [3.8, 4) is 0 Å². The number of hydrogen-bond acceptors (Lipinski definition) is 5. The quantitative estimate of drug-likeness (QED) is 0.248. The highest BCUT2D eigenvalue weighted by atomic mass is 16.8. The summed E-state index contributed by atoms with van der Waals surface area (Å²) in [4.78, 5) is 0. The molecule has 0 bridgehead atoms. The summed E-state index contributed by atoms with van der Waals surface area (Å²) in [6, 6.07) is 10.4. The fourth-order valence-electron chi connectivity index (χ4n) is 5.04. The van der Waals surface area contributed by atoms with Crippen molar-refractivity contribution in [2.24, 2.45) is 0 Å². The average molecular weight is 477 g/mol. The average Bonchev–Trinajstić information content (AvgIpc) is 3.33. The Bertz CT molecular complexity index is 689. The van der Waals surface area contributed by atoms with Crippen molar-refractivity contribution < 1.29 is 23.7 Å². The van der Waals surface area contributed by atoms with E-state index in [-0.39, 0.29) is 24.4 Å². The van der Waals surface area contributed by atoms with Gasteiger partial charge in [-0.3, -0.25) is 0 Å². The van der Waals surface area contributed by atoms with Crippen molar-refractivity contribution in [3.63, 3.8) is 0 Å².